The Labute approximate surface area is 171 Å². The summed E-state index contributed by atoms with van der Waals surface area (Å²) in [4.78, 5) is 30.3. The molecule has 5 unspecified atom stereocenters. The van der Waals surface area contributed by atoms with Gasteiger partial charge in [0.1, 0.15) is 0 Å². The number of hydrogen-bond donors (Lipinski definition) is 1. The second-order valence-corrected chi connectivity index (χ2v) is 8.92. The number of carbonyl (C=O) groups is 1. The van der Waals surface area contributed by atoms with Crippen molar-refractivity contribution < 1.29 is 9.53 Å². The molecule has 2 aromatic rings. The van der Waals surface area contributed by atoms with Crippen LogP contribution in [0.3, 0.4) is 0 Å². The molecule has 4 rings (SSSR count). The molecule has 0 spiro atoms. The molecule has 1 N–H and O–H groups in total. The van der Waals surface area contributed by atoms with Gasteiger partial charge in [0.2, 0.25) is 5.91 Å². The van der Waals surface area contributed by atoms with Gasteiger partial charge in [0.15, 0.2) is 0 Å². The Balaban J connectivity index is 1.59. The highest BCUT2D eigenvalue weighted by atomic mass is 16.5. The largest absolute Gasteiger partial charge is 0.378 e. The number of aryl methyl sites for hydroxylation is 2. The van der Waals surface area contributed by atoms with Crippen molar-refractivity contribution in [1.29, 1.82) is 0 Å². The predicted octanol–water partition coefficient (Wildman–Crippen LogP) is 3.06. The van der Waals surface area contributed by atoms with Crippen LogP contribution in [0.2, 0.25) is 0 Å². The normalized spacial score (nSPS) is 29.9. The van der Waals surface area contributed by atoms with E-state index in [9.17, 15) is 9.59 Å². The molecule has 2 aromatic heterocycles. The number of amides is 1. The minimum atomic E-state index is -0.0596. The van der Waals surface area contributed by atoms with Crippen LogP contribution in [0.5, 0.6) is 0 Å². The second-order valence-electron chi connectivity index (χ2n) is 8.92. The van der Waals surface area contributed by atoms with Crippen LogP contribution in [0.15, 0.2) is 23.1 Å². The number of hydrogen-bond acceptors (Lipinski definition) is 4. The fourth-order valence-electron chi connectivity index (χ4n) is 5.03. The molecule has 3 heterocycles. The lowest BCUT2D eigenvalue weighted by molar-refractivity contribution is -0.127. The molecule has 1 amide bonds. The van der Waals surface area contributed by atoms with Crippen LogP contribution in [0.1, 0.15) is 56.7 Å². The Morgan fingerprint density at radius 2 is 2.03 bits per heavy atom. The SMILES string of the molecule is Cc1cc2c(cn1)cc(C1CC(NC(=O)C3CCOC3C)CCC1C)c(=O)n2C. The first-order valence-corrected chi connectivity index (χ1v) is 10.7. The van der Waals surface area contributed by atoms with Crippen molar-refractivity contribution in [3.63, 3.8) is 0 Å². The lowest BCUT2D eigenvalue weighted by Crippen LogP contribution is -2.44. The molecule has 0 aromatic carbocycles. The third-order valence-corrected chi connectivity index (χ3v) is 6.93. The van der Waals surface area contributed by atoms with E-state index >= 15 is 0 Å². The van der Waals surface area contributed by atoms with Crippen molar-refractivity contribution in [2.24, 2.45) is 18.9 Å². The molecule has 5 atom stereocenters. The van der Waals surface area contributed by atoms with E-state index in [4.69, 9.17) is 4.74 Å². The number of carbonyl (C=O) groups excluding carboxylic acids is 1. The average Bonchev–Trinajstić information content (AvgIpc) is 3.13. The molecule has 6 nitrogen and oxygen atoms in total. The molecule has 1 saturated carbocycles. The first-order chi connectivity index (χ1) is 13.8. The fraction of sp³-hybridized carbons (Fsp3) is 0.609. The van der Waals surface area contributed by atoms with E-state index in [1.165, 1.54) is 0 Å². The molecule has 1 aliphatic heterocycles. The van der Waals surface area contributed by atoms with Crippen LogP contribution in [0.25, 0.3) is 10.9 Å². The van der Waals surface area contributed by atoms with Crippen molar-refractivity contribution >= 4 is 16.8 Å². The first-order valence-electron chi connectivity index (χ1n) is 10.7. The van der Waals surface area contributed by atoms with Crippen LogP contribution < -0.4 is 10.9 Å². The third kappa shape index (κ3) is 3.82. The van der Waals surface area contributed by atoms with Crippen molar-refractivity contribution in [2.75, 3.05) is 6.61 Å². The van der Waals surface area contributed by atoms with E-state index in [2.05, 4.69) is 17.2 Å². The van der Waals surface area contributed by atoms with Gasteiger partial charge in [-0.1, -0.05) is 6.92 Å². The van der Waals surface area contributed by atoms with Gasteiger partial charge in [-0.15, -0.1) is 0 Å². The molecule has 2 aliphatic rings. The maximum Gasteiger partial charge on any atom is 0.254 e. The van der Waals surface area contributed by atoms with Crippen LogP contribution in [-0.4, -0.2) is 34.2 Å². The zero-order valence-electron chi connectivity index (χ0n) is 17.8. The molecule has 0 radical (unpaired) electrons. The van der Waals surface area contributed by atoms with E-state index in [0.29, 0.717) is 12.5 Å². The van der Waals surface area contributed by atoms with Gasteiger partial charge in [0.25, 0.3) is 5.56 Å². The Hall–Kier alpha value is -2.21. The molecule has 6 heteroatoms. The number of fused-ring (bicyclic) bond motifs is 1. The summed E-state index contributed by atoms with van der Waals surface area (Å²) in [5, 5.41) is 4.24. The van der Waals surface area contributed by atoms with Gasteiger partial charge in [-0.25, -0.2) is 0 Å². The van der Waals surface area contributed by atoms with Crippen LogP contribution in [0, 0.1) is 18.8 Å². The molecule has 2 fully saturated rings. The van der Waals surface area contributed by atoms with Crippen LogP contribution in [-0.2, 0) is 16.6 Å². The van der Waals surface area contributed by atoms with E-state index in [0.717, 1.165) is 47.8 Å². The number of ether oxygens (including phenoxy) is 1. The van der Waals surface area contributed by atoms with Crippen LogP contribution in [0.4, 0.5) is 0 Å². The maximum absolute atomic E-state index is 13.2. The van der Waals surface area contributed by atoms with Gasteiger partial charge in [-0.2, -0.15) is 0 Å². The molecule has 156 valence electrons. The van der Waals surface area contributed by atoms with E-state index < -0.39 is 0 Å². The molecule has 1 saturated heterocycles. The molecule has 1 aliphatic carbocycles. The summed E-state index contributed by atoms with van der Waals surface area (Å²) < 4.78 is 7.29. The standard InChI is InChI=1S/C23H31N3O3/c1-13-5-6-17(25-22(27)18-7-8-29-15(18)3)11-19(13)20-10-16-12-24-14(2)9-21(16)26(4)23(20)28/h9-10,12-13,15,17-19H,5-8,11H2,1-4H3,(H,25,27). The van der Waals surface area contributed by atoms with E-state index in [1.54, 1.807) is 4.57 Å². The van der Waals surface area contributed by atoms with E-state index in [1.807, 2.05) is 39.2 Å². The lowest BCUT2D eigenvalue weighted by atomic mass is 9.74. The van der Waals surface area contributed by atoms with Gasteiger partial charge in [0.05, 0.1) is 17.5 Å². The molecular weight excluding hydrogens is 366 g/mol. The number of nitrogens with zero attached hydrogens (tertiary/aromatic N) is 2. The predicted molar refractivity (Wildman–Crippen MR) is 113 cm³/mol. The van der Waals surface area contributed by atoms with Crippen molar-refractivity contribution in [2.45, 2.75) is 64.5 Å². The highest BCUT2D eigenvalue weighted by molar-refractivity contribution is 5.80. The summed E-state index contributed by atoms with van der Waals surface area (Å²) in [6.45, 7) is 6.78. The number of rotatable bonds is 3. The lowest BCUT2D eigenvalue weighted by Gasteiger charge is -2.35. The number of nitrogens with one attached hydrogen (secondary N) is 1. The summed E-state index contributed by atoms with van der Waals surface area (Å²) in [7, 11) is 1.84. The molecular formula is C23H31N3O3. The molecule has 29 heavy (non-hydrogen) atoms. The van der Waals surface area contributed by atoms with Gasteiger partial charge < -0.3 is 14.6 Å². The Morgan fingerprint density at radius 1 is 1.24 bits per heavy atom. The quantitative estimate of drug-likeness (QED) is 0.864. The van der Waals surface area contributed by atoms with Gasteiger partial charge >= 0.3 is 0 Å². The van der Waals surface area contributed by atoms with Crippen LogP contribution >= 0.6 is 0 Å². The highest BCUT2D eigenvalue weighted by Gasteiger charge is 2.35. The summed E-state index contributed by atoms with van der Waals surface area (Å²) in [5.74, 6) is 0.575. The van der Waals surface area contributed by atoms with Crippen molar-refractivity contribution in [1.82, 2.24) is 14.9 Å². The Morgan fingerprint density at radius 3 is 2.76 bits per heavy atom. The third-order valence-electron chi connectivity index (χ3n) is 6.93. The van der Waals surface area contributed by atoms with Gasteiger partial charge in [-0.3, -0.25) is 14.6 Å². The minimum absolute atomic E-state index is 0.0166. The topological polar surface area (TPSA) is 73.2 Å². The Kier molecular flexibility index (Phi) is 5.47. The number of aromatic nitrogens is 2. The minimum Gasteiger partial charge on any atom is -0.378 e. The fourth-order valence-corrected chi connectivity index (χ4v) is 5.03. The smallest absolute Gasteiger partial charge is 0.254 e. The van der Waals surface area contributed by atoms with Gasteiger partial charge in [0, 0.05) is 42.5 Å². The Bertz CT molecular complexity index is 983. The average molecular weight is 398 g/mol. The maximum atomic E-state index is 13.2. The van der Waals surface area contributed by atoms with Crippen molar-refractivity contribution in [3.8, 4) is 0 Å². The number of pyridine rings is 2. The van der Waals surface area contributed by atoms with Gasteiger partial charge in [-0.05, 0) is 63.5 Å². The summed E-state index contributed by atoms with van der Waals surface area (Å²) in [6, 6.07) is 4.08. The molecule has 0 bridgehead atoms. The summed E-state index contributed by atoms with van der Waals surface area (Å²) >= 11 is 0. The second kappa shape index (κ2) is 7.90. The zero-order chi connectivity index (χ0) is 20.7. The summed E-state index contributed by atoms with van der Waals surface area (Å²) in [6.07, 6.45) is 5.38. The first kappa shape index (κ1) is 20.1. The van der Waals surface area contributed by atoms with E-state index in [-0.39, 0.29) is 35.4 Å². The monoisotopic (exact) mass is 397 g/mol. The summed E-state index contributed by atoms with van der Waals surface area (Å²) in [5.41, 5.74) is 2.72. The zero-order valence-corrected chi connectivity index (χ0v) is 17.8. The van der Waals surface area contributed by atoms with Crippen molar-refractivity contribution in [3.05, 3.63) is 39.9 Å². The highest BCUT2D eigenvalue weighted by Crippen LogP contribution is 2.37.